The molecule has 0 heterocycles. The van der Waals surface area contributed by atoms with Gasteiger partial charge in [-0.25, -0.2) is 9.38 Å². The predicted molar refractivity (Wildman–Crippen MR) is 53.6 cm³/mol. The standard InChI is InChI=1S/C8H4F4IN/c9-5-1-3-6(4-2-5)14-7(13)8(10,11)12/h1-4H. The van der Waals surface area contributed by atoms with Gasteiger partial charge in [0.05, 0.1) is 5.69 Å². The van der Waals surface area contributed by atoms with Gasteiger partial charge in [0.25, 0.3) is 0 Å². The average Bonchev–Trinajstić information content (AvgIpc) is 2.07. The summed E-state index contributed by atoms with van der Waals surface area (Å²) in [5.74, 6) is -0.508. The van der Waals surface area contributed by atoms with E-state index >= 15 is 0 Å². The summed E-state index contributed by atoms with van der Waals surface area (Å²) in [6.45, 7) is 0. The van der Waals surface area contributed by atoms with Gasteiger partial charge in [0.2, 0.25) is 0 Å². The molecule has 0 fully saturated rings. The van der Waals surface area contributed by atoms with Crippen LogP contribution in [0.4, 0.5) is 23.2 Å². The molecule has 0 atom stereocenters. The molecule has 0 aliphatic carbocycles. The molecule has 0 aromatic heterocycles. The predicted octanol–water partition coefficient (Wildman–Crippen LogP) is 3.85. The Hall–Kier alpha value is -0.660. The lowest BCUT2D eigenvalue weighted by Gasteiger charge is -2.03. The van der Waals surface area contributed by atoms with E-state index in [1.165, 1.54) is 12.1 Å². The van der Waals surface area contributed by atoms with Crippen LogP contribution in [0.3, 0.4) is 0 Å². The Balaban J connectivity index is 2.93. The summed E-state index contributed by atoms with van der Waals surface area (Å²) in [6, 6.07) is 4.47. The monoisotopic (exact) mass is 317 g/mol. The van der Waals surface area contributed by atoms with Crippen LogP contribution in [-0.4, -0.2) is 9.89 Å². The van der Waals surface area contributed by atoms with Crippen molar-refractivity contribution in [3.05, 3.63) is 30.1 Å². The fourth-order valence-electron chi connectivity index (χ4n) is 0.692. The summed E-state index contributed by atoms with van der Waals surface area (Å²) in [7, 11) is 0. The van der Waals surface area contributed by atoms with Crippen LogP contribution in [0.15, 0.2) is 29.3 Å². The smallest absolute Gasteiger partial charge is 0.238 e. The highest BCUT2D eigenvalue weighted by Crippen LogP contribution is 2.25. The van der Waals surface area contributed by atoms with E-state index < -0.39 is 15.7 Å². The van der Waals surface area contributed by atoms with E-state index in [1.54, 1.807) is 0 Å². The first-order chi connectivity index (χ1) is 6.39. The minimum Gasteiger partial charge on any atom is -0.238 e. The molecule has 0 unspecified atom stereocenters. The molecule has 0 aliphatic rings. The van der Waals surface area contributed by atoms with Gasteiger partial charge < -0.3 is 0 Å². The number of hydrogen-bond acceptors (Lipinski definition) is 1. The minimum atomic E-state index is -4.45. The normalized spacial score (nSPS) is 13.1. The Morgan fingerprint density at radius 1 is 1.14 bits per heavy atom. The molecule has 0 saturated carbocycles. The Labute approximate surface area is 91.0 Å². The number of nitrogens with zero attached hydrogens (tertiary/aromatic N) is 1. The van der Waals surface area contributed by atoms with Crippen molar-refractivity contribution in [2.45, 2.75) is 6.18 Å². The third-order valence-electron chi connectivity index (χ3n) is 1.29. The average molecular weight is 317 g/mol. The van der Waals surface area contributed by atoms with E-state index in [0.717, 1.165) is 34.7 Å². The largest absolute Gasteiger partial charge is 0.439 e. The molecule has 14 heavy (non-hydrogen) atoms. The van der Waals surface area contributed by atoms with Crippen LogP contribution in [0.5, 0.6) is 0 Å². The summed E-state index contributed by atoms with van der Waals surface area (Å²) in [5.41, 5.74) is 0.0770. The van der Waals surface area contributed by atoms with Crippen molar-refractivity contribution in [1.29, 1.82) is 0 Å². The van der Waals surface area contributed by atoms with Crippen LogP contribution in [0.2, 0.25) is 0 Å². The van der Waals surface area contributed by atoms with Crippen molar-refractivity contribution in [3.63, 3.8) is 0 Å². The van der Waals surface area contributed by atoms with Gasteiger partial charge in [-0.2, -0.15) is 13.2 Å². The molecule has 0 spiro atoms. The van der Waals surface area contributed by atoms with Crippen LogP contribution in [0.1, 0.15) is 0 Å². The minimum absolute atomic E-state index is 0.0770. The Morgan fingerprint density at radius 2 is 1.64 bits per heavy atom. The summed E-state index contributed by atoms with van der Waals surface area (Å²) in [5, 5.41) is 0. The molecular formula is C8H4F4IN. The van der Waals surface area contributed by atoms with Crippen molar-refractivity contribution in [1.82, 2.24) is 0 Å². The van der Waals surface area contributed by atoms with Gasteiger partial charge in [0.15, 0.2) is 3.72 Å². The third kappa shape index (κ3) is 3.24. The quantitative estimate of drug-likeness (QED) is 0.424. The van der Waals surface area contributed by atoms with Crippen molar-refractivity contribution in [2.24, 2.45) is 4.99 Å². The van der Waals surface area contributed by atoms with Gasteiger partial charge in [-0.3, -0.25) is 0 Å². The Bertz CT molecular complexity index is 341. The lowest BCUT2D eigenvalue weighted by Crippen LogP contribution is -2.15. The topological polar surface area (TPSA) is 12.4 Å². The number of aliphatic imine (C=N–C) groups is 1. The third-order valence-corrected chi connectivity index (χ3v) is 2.14. The first-order valence-electron chi connectivity index (χ1n) is 3.46. The first-order valence-corrected chi connectivity index (χ1v) is 4.54. The Kier molecular flexibility index (Phi) is 3.46. The summed E-state index contributed by atoms with van der Waals surface area (Å²) in [6.07, 6.45) is -4.45. The molecule has 1 aromatic carbocycles. The second-order valence-corrected chi connectivity index (χ2v) is 3.40. The van der Waals surface area contributed by atoms with E-state index in [9.17, 15) is 17.6 Å². The molecule has 0 bridgehead atoms. The number of hydrogen-bond donors (Lipinski definition) is 0. The van der Waals surface area contributed by atoms with Crippen LogP contribution in [-0.2, 0) is 0 Å². The van der Waals surface area contributed by atoms with Gasteiger partial charge in [-0.15, -0.1) is 0 Å². The molecule has 0 aliphatic heterocycles. The van der Waals surface area contributed by atoms with Crippen molar-refractivity contribution < 1.29 is 17.6 Å². The molecule has 76 valence electrons. The lowest BCUT2D eigenvalue weighted by atomic mass is 10.3. The van der Waals surface area contributed by atoms with E-state index in [1.807, 2.05) is 0 Å². The van der Waals surface area contributed by atoms with E-state index in [4.69, 9.17) is 0 Å². The van der Waals surface area contributed by atoms with Crippen molar-refractivity contribution >= 4 is 32.0 Å². The molecule has 6 heteroatoms. The number of benzene rings is 1. The van der Waals surface area contributed by atoms with Crippen LogP contribution in [0.25, 0.3) is 0 Å². The van der Waals surface area contributed by atoms with Crippen molar-refractivity contribution in [3.8, 4) is 0 Å². The molecule has 1 aromatic rings. The Morgan fingerprint density at radius 3 is 2.07 bits per heavy atom. The zero-order chi connectivity index (χ0) is 10.8. The van der Waals surface area contributed by atoms with Gasteiger partial charge in [-0.05, 0) is 46.9 Å². The summed E-state index contributed by atoms with van der Waals surface area (Å²) in [4.78, 5) is 3.28. The van der Waals surface area contributed by atoms with E-state index in [-0.39, 0.29) is 5.69 Å². The fraction of sp³-hybridized carbons (Fsp3) is 0.125. The van der Waals surface area contributed by atoms with Gasteiger partial charge in [-0.1, -0.05) is 0 Å². The summed E-state index contributed by atoms with van der Waals surface area (Å²) < 4.78 is 47.4. The number of alkyl halides is 3. The van der Waals surface area contributed by atoms with E-state index in [0.29, 0.717) is 0 Å². The maximum atomic E-state index is 12.4. The molecule has 1 rings (SSSR count). The van der Waals surface area contributed by atoms with Gasteiger partial charge >= 0.3 is 6.18 Å². The molecule has 0 N–H and O–H groups in total. The fourth-order valence-corrected chi connectivity index (χ4v) is 0.971. The SMILES string of the molecule is Fc1ccc(N=C(I)C(F)(F)F)cc1. The highest BCUT2D eigenvalue weighted by Gasteiger charge is 2.33. The molecule has 0 amide bonds. The number of rotatable bonds is 1. The molecule has 1 nitrogen and oxygen atoms in total. The van der Waals surface area contributed by atoms with Crippen molar-refractivity contribution in [2.75, 3.05) is 0 Å². The van der Waals surface area contributed by atoms with Gasteiger partial charge in [0.1, 0.15) is 5.82 Å². The zero-order valence-corrected chi connectivity index (χ0v) is 8.80. The highest BCUT2D eigenvalue weighted by molar-refractivity contribution is 14.1. The highest BCUT2D eigenvalue weighted by atomic mass is 127. The molecule has 0 radical (unpaired) electrons. The van der Waals surface area contributed by atoms with E-state index in [2.05, 4.69) is 4.99 Å². The van der Waals surface area contributed by atoms with Gasteiger partial charge in [0, 0.05) is 0 Å². The van der Waals surface area contributed by atoms with Crippen LogP contribution < -0.4 is 0 Å². The molecular weight excluding hydrogens is 313 g/mol. The molecule has 0 saturated heterocycles. The zero-order valence-electron chi connectivity index (χ0n) is 6.65. The van der Waals surface area contributed by atoms with Crippen LogP contribution in [0, 0.1) is 5.82 Å². The maximum absolute atomic E-state index is 12.4. The van der Waals surface area contributed by atoms with Crippen LogP contribution >= 0.6 is 22.6 Å². The first kappa shape index (κ1) is 11.4. The maximum Gasteiger partial charge on any atom is 0.439 e. The second-order valence-electron chi connectivity index (χ2n) is 2.38. The summed E-state index contributed by atoms with van der Waals surface area (Å²) >= 11 is 1.09. The second kappa shape index (κ2) is 4.24. The lowest BCUT2D eigenvalue weighted by molar-refractivity contribution is -0.0544. The number of halogens is 5.